The van der Waals surface area contributed by atoms with Gasteiger partial charge in [-0.05, 0) is 54.8 Å². The van der Waals surface area contributed by atoms with Crippen LogP contribution in [-0.4, -0.2) is 19.6 Å². The molecule has 0 atom stereocenters. The van der Waals surface area contributed by atoms with Gasteiger partial charge < -0.3 is 14.8 Å². The van der Waals surface area contributed by atoms with Crippen molar-refractivity contribution in [2.45, 2.75) is 13.8 Å². The van der Waals surface area contributed by atoms with Crippen molar-refractivity contribution in [3.8, 4) is 17.6 Å². The molecule has 6 heteroatoms. The summed E-state index contributed by atoms with van der Waals surface area (Å²) in [6.45, 7) is 7.84. The highest BCUT2D eigenvalue weighted by Gasteiger charge is 2.14. The van der Waals surface area contributed by atoms with E-state index in [0.717, 1.165) is 11.1 Å². The second-order valence-corrected chi connectivity index (χ2v) is 6.85. The molecule has 0 bridgehead atoms. The average molecular weight is 441 g/mol. The molecule has 2 rings (SSSR count). The lowest BCUT2D eigenvalue weighted by molar-refractivity contribution is -0.112. The molecule has 0 saturated heterocycles. The molecule has 0 aromatic heterocycles. The maximum Gasteiger partial charge on any atom is 0.266 e. The van der Waals surface area contributed by atoms with Gasteiger partial charge in [0, 0.05) is 10.2 Å². The van der Waals surface area contributed by atoms with Crippen molar-refractivity contribution < 1.29 is 14.3 Å². The molecule has 0 aliphatic carbocycles. The fourth-order valence-electron chi connectivity index (χ4n) is 2.46. The van der Waals surface area contributed by atoms with E-state index in [9.17, 15) is 10.1 Å². The van der Waals surface area contributed by atoms with E-state index < -0.39 is 5.91 Å². The van der Waals surface area contributed by atoms with Crippen molar-refractivity contribution in [3.05, 3.63) is 69.7 Å². The summed E-state index contributed by atoms with van der Waals surface area (Å²) in [7, 11) is 1.52. The zero-order valence-electron chi connectivity index (χ0n) is 16.0. The Kier molecular flexibility index (Phi) is 7.42. The van der Waals surface area contributed by atoms with Crippen LogP contribution in [0.5, 0.6) is 11.5 Å². The molecule has 1 amide bonds. The maximum absolute atomic E-state index is 12.6. The molecular formula is C22H21BrN2O3. The third-order valence-electron chi connectivity index (χ3n) is 4.16. The molecule has 0 aliphatic rings. The van der Waals surface area contributed by atoms with Crippen LogP contribution in [0.25, 0.3) is 6.08 Å². The number of anilines is 1. The molecule has 1 N–H and O–H groups in total. The number of nitrogens with zero attached hydrogens (tertiary/aromatic N) is 1. The Labute approximate surface area is 173 Å². The van der Waals surface area contributed by atoms with Crippen LogP contribution in [0.3, 0.4) is 0 Å². The molecule has 5 nitrogen and oxygen atoms in total. The fourth-order valence-corrected chi connectivity index (χ4v) is 2.90. The summed E-state index contributed by atoms with van der Waals surface area (Å²) in [5, 5.41) is 12.3. The third kappa shape index (κ3) is 5.02. The van der Waals surface area contributed by atoms with Gasteiger partial charge in [-0.3, -0.25) is 4.79 Å². The number of aryl methyl sites for hydroxylation is 1. The number of nitrogens with one attached hydrogen (secondary N) is 1. The second-order valence-electron chi connectivity index (χ2n) is 6.00. The lowest BCUT2D eigenvalue weighted by Gasteiger charge is -2.12. The standard InChI is InChI=1S/C22H21BrN2O3/c1-5-9-28-21-12-18(23)16(11-20(21)27-4)10-17(13-24)22(26)25-19-8-6-7-14(2)15(19)3/h5-8,10-12H,1,9H2,2-4H3,(H,25,26)/b17-10+. The molecule has 0 saturated carbocycles. The van der Waals surface area contributed by atoms with Gasteiger partial charge in [-0.2, -0.15) is 5.26 Å². The summed E-state index contributed by atoms with van der Waals surface area (Å²) in [6.07, 6.45) is 3.14. The van der Waals surface area contributed by atoms with Crippen molar-refractivity contribution in [3.63, 3.8) is 0 Å². The number of amides is 1. The topological polar surface area (TPSA) is 71.3 Å². The highest BCUT2D eigenvalue weighted by atomic mass is 79.9. The Morgan fingerprint density at radius 1 is 1.32 bits per heavy atom. The van der Waals surface area contributed by atoms with E-state index in [0.29, 0.717) is 33.8 Å². The van der Waals surface area contributed by atoms with Gasteiger partial charge in [0.15, 0.2) is 11.5 Å². The zero-order valence-corrected chi connectivity index (χ0v) is 17.6. The number of hydrogen-bond acceptors (Lipinski definition) is 4. The van der Waals surface area contributed by atoms with Gasteiger partial charge in [-0.25, -0.2) is 0 Å². The molecule has 0 unspecified atom stereocenters. The lowest BCUT2D eigenvalue weighted by Crippen LogP contribution is -2.14. The third-order valence-corrected chi connectivity index (χ3v) is 4.84. The Balaban J connectivity index is 2.35. The second kappa shape index (κ2) is 9.77. The molecule has 28 heavy (non-hydrogen) atoms. The quantitative estimate of drug-likeness (QED) is 0.365. The minimum atomic E-state index is -0.478. The van der Waals surface area contributed by atoms with Gasteiger partial charge in [0.25, 0.3) is 5.91 Å². The summed E-state index contributed by atoms with van der Waals surface area (Å²) in [5.74, 6) is 0.544. The van der Waals surface area contributed by atoms with Crippen LogP contribution in [0, 0.1) is 25.2 Å². The van der Waals surface area contributed by atoms with Crippen molar-refractivity contribution in [1.82, 2.24) is 0 Å². The summed E-state index contributed by atoms with van der Waals surface area (Å²) in [4.78, 5) is 12.6. The van der Waals surface area contributed by atoms with Gasteiger partial charge >= 0.3 is 0 Å². The van der Waals surface area contributed by atoms with Crippen molar-refractivity contribution >= 4 is 33.6 Å². The number of nitriles is 1. The fraction of sp³-hybridized carbons (Fsp3) is 0.182. The molecule has 0 spiro atoms. The molecule has 0 aliphatic heterocycles. The van der Waals surface area contributed by atoms with E-state index in [1.54, 1.807) is 24.3 Å². The SMILES string of the molecule is C=CCOc1cc(Br)c(/C=C(\C#N)C(=O)Nc2cccc(C)c2C)cc1OC. The Morgan fingerprint density at radius 2 is 2.07 bits per heavy atom. The van der Waals surface area contributed by atoms with E-state index >= 15 is 0 Å². The number of methoxy groups -OCH3 is 1. The summed E-state index contributed by atoms with van der Waals surface area (Å²) in [6, 6.07) is 11.0. The van der Waals surface area contributed by atoms with Crippen LogP contribution in [0.2, 0.25) is 0 Å². The van der Waals surface area contributed by atoms with Gasteiger partial charge in [-0.1, -0.05) is 40.7 Å². The van der Waals surface area contributed by atoms with E-state index in [1.165, 1.54) is 13.2 Å². The molecule has 0 radical (unpaired) electrons. The molecule has 2 aromatic rings. The van der Waals surface area contributed by atoms with Gasteiger partial charge in [-0.15, -0.1) is 0 Å². The van der Waals surface area contributed by atoms with Crippen molar-refractivity contribution in [2.24, 2.45) is 0 Å². The number of carbonyl (C=O) groups is 1. The summed E-state index contributed by atoms with van der Waals surface area (Å²) >= 11 is 3.45. The van der Waals surface area contributed by atoms with Gasteiger partial charge in [0.2, 0.25) is 0 Å². The van der Waals surface area contributed by atoms with Crippen LogP contribution in [0.4, 0.5) is 5.69 Å². The predicted molar refractivity (Wildman–Crippen MR) is 115 cm³/mol. The Bertz CT molecular complexity index is 974. The zero-order chi connectivity index (χ0) is 20.7. The normalized spacial score (nSPS) is 10.8. The minimum Gasteiger partial charge on any atom is -0.493 e. The minimum absolute atomic E-state index is 0.0246. The first kappa shape index (κ1) is 21.3. The van der Waals surface area contributed by atoms with E-state index in [-0.39, 0.29) is 5.57 Å². The van der Waals surface area contributed by atoms with Crippen LogP contribution >= 0.6 is 15.9 Å². The number of ether oxygens (including phenoxy) is 2. The first-order valence-corrected chi connectivity index (χ1v) is 9.31. The van der Waals surface area contributed by atoms with Crippen LogP contribution in [0.1, 0.15) is 16.7 Å². The molecule has 0 fully saturated rings. The summed E-state index contributed by atoms with van der Waals surface area (Å²) < 4.78 is 11.6. The Hall–Kier alpha value is -3.04. The monoisotopic (exact) mass is 440 g/mol. The number of halogens is 1. The maximum atomic E-state index is 12.6. The first-order valence-electron chi connectivity index (χ1n) is 8.51. The Morgan fingerprint density at radius 3 is 2.71 bits per heavy atom. The van der Waals surface area contributed by atoms with Crippen LogP contribution in [0.15, 0.2) is 53.0 Å². The predicted octanol–water partition coefficient (Wildman–Crippen LogP) is 5.19. The highest BCUT2D eigenvalue weighted by Crippen LogP contribution is 2.34. The number of rotatable bonds is 7. The van der Waals surface area contributed by atoms with Crippen molar-refractivity contribution in [2.75, 3.05) is 19.0 Å². The molecule has 2 aromatic carbocycles. The smallest absolute Gasteiger partial charge is 0.266 e. The number of hydrogen-bond donors (Lipinski definition) is 1. The molecule has 0 heterocycles. The van der Waals surface area contributed by atoms with E-state index in [1.807, 2.05) is 32.0 Å². The molecular weight excluding hydrogens is 420 g/mol. The van der Waals surface area contributed by atoms with E-state index in [4.69, 9.17) is 9.47 Å². The summed E-state index contributed by atoms with van der Waals surface area (Å²) in [5.41, 5.74) is 3.29. The van der Waals surface area contributed by atoms with Gasteiger partial charge in [0.1, 0.15) is 18.2 Å². The van der Waals surface area contributed by atoms with Gasteiger partial charge in [0.05, 0.1) is 7.11 Å². The first-order chi connectivity index (χ1) is 13.4. The average Bonchev–Trinajstić information content (AvgIpc) is 2.68. The number of carbonyl (C=O) groups excluding carboxylic acids is 1. The van der Waals surface area contributed by atoms with Crippen molar-refractivity contribution in [1.29, 1.82) is 5.26 Å². The number of benzene rings is 2. The molecule has 144 valence electrons. The van der Waals surface area contributed by atoms with Crippen LogP contribution in [-0.2, 0) is 4.79 Å². The lowest BCUT2D eigenvalue weighted by atomic mass is 10.1. The largest absolute Gasteiger partial charge is 0.493 e. The highest BCUT2D eigenvalue weighted by molar-refractivity contribution is 9.10. The van der Waals surface area contributed by atoms with E-state index in [2.05, 4.69) is 27.8 Å². The van der Waals surface area contributed by atoms with Crippen LogP contribution < -0.4 is 14.8 Å².